The summed E-state index contributed by atoms with van der Waals surface area (Å²) in [5.41, 5.74) is 1.14. The maximum Gasteiger partial charge on any atom is 0.310 e. The minimum absolute atomic E-state index is 0.237. The van der Waals surface area contributed by atoms with Crippen LogP contribution in [0.5, 0.6) is 0 Å². The van der Waals surface area contributed by atoms with Crippen LogP contribution in [-0.2, 0) is 16.0 Å². The van der Waals surface area contributed by atoms with Gasteiger partial charge in [0.2, 0.25) is 0 Å². The maximum absolute atomic E-state index is 10.9. The molecule has 2 nitrogen and oxygen atoms in total. The first kappa shape index (κ1) is 9.52. The predicted octanol–water partition coefficient (Wildman–Crippen LogP) is 2.31. The van der Waals surface area contributed by atoms with Crippen molar-refractivity contribution in [2.75, 3.05) is 0 Å². The normalized spacial score (nSPS) is 9.23. The third-order valence-electron chi connectivity index (χ3n) is 1.68. The fourth-order valence-corrected chi connectivity index (χ4v) is 1.04. The van der Waals surface area contributed by atoms with Crippen LogP contribution in [0.25, 0.3) is 0 Å². The van der Waals surface area contributed by atoms with E-state index in [4.69, 9.17) is 0 Å². The molecule has 1 aromatic rings. The molecule has 0 saturated heterocycles. The SMILES string of the molecule is C=COC(=O)CCc1ccccc1. The average Bonchev–Trinajstić information content (AvgIpc) is 2.17. The third kappa shape index (κ3) is 3.56. The van der Waals surface area contributed by atoms with Crippen LogP contribution in [0.3, 0.4) is 0 Å². The highest BCUT2D eigenvalue weighted by Gasteiger charge is 2.00. The molecule has 13 heavy (non-hydrogen) atoms. The lowest BCUT2D eigenvalue weighted by Gasteiger charge is -1.99. The smallest absolute Gasteiger partial charge is 0.310 e. The first-order chi connectivity index (χ1) is 6.33. The van der Waals surface area contributed by atoms with Crippen molar-refractivity contribution < 1.29 is 9.53 Å². The zero-order valence-corrected chi connectivity index (χ0v) is 7.40. The maximum atomic E-state index is 10.9. The molecule has 0 heterocycles. The van der Waals surface area contributed by atoms with Crippen LogP contribution in [-0.4, -0.2) is 5.97 Å². The van der Waals surface area contributed by atoms with E-state index in [0.717, 1.165) is 11.8 Å². The number of aryl methyl sites for hydroxylation is 1. The van der Waals surface area contributed by atoms with Crippen molar-refractivity contribution in [2.24, 2.45) is 0 Å². The van der Waals surface area contributed by atoms with Gasteiger partial charge in [-0.1, -0.05) is 36.9 Å². The quantitative estimate of drug-likeness (QED) is 0.519. The largest absolute Gasteiger partial charge is 0.435 e. The molecule has 0 amide bonds. The third-order valence-corrected chi connectivity index (χ3v) is 1.68. The Labute approximate surface area is 77.8 Å². The van der Waals surface area contributed by atoms with Crippen LogP contribution in [0.1, 0.15) is 12.0 Å². The molecule has 0 spiro atoms. The lowest BCUT2D eigenvalue weighted by Crippen LogP contribution is -2.00. The Balaban J connectivity index is 2.35. The molecule has 0 unspecified atom stereocenters. The van der Waals surface area contributed by atoms with E-state index < -0.39 is 0 Å². The van der Waals surface area contributed by atoms with E-state index in [1.54, 1.807) is 0 Å². The van der Waals surface area contributed by atoms with Crippen LogP contribution in [0.2, 0.25) is 0 Å². The summed E-state index contributed by atoms with van der Waals surface area (Å²) in [5, 5.41) is 0. The Kier molecular flexibility index (Phi) is 3.76. The van der Waals surface area contributed by atoms with Gasteiger partial charge >= 0.3 is 5.97 Å². The Morgan fingerprint density at radius 1 is 1.38 bits per heavy atom. The summed E-state index contributed by atoms with van der Waals surface area (Å²) in [4.78, 5) is 10.9. The van der Waals surface area contributed by atoms with Gasteiger partial charge in [0.25, 0.3) is 0 Å². The highest BCUT2D eigenvalue weighted by Crippen LogP contribution is 2.02. The number of rotatable bonds is 4. The molecule has 0 N–H and O–H groups in total. The molecule has 0 atom stereocenters. The van der Waals surface area contributed by atoms with Gasteiger partial charge in [0, 0.05) is 6.42 Å². The minimum atomic E-state index is -0.237. The summed E-state index contributed by atoms with van der Waals surface area (Å²) in [5.74, 6) is -0.237. The molecule has 0 aliphatic heterocycles. The number of esters is 1. The Hall–Kier alpha value is -1.57. The fraction of sp³-hybridized carbons (Fsp3) is 0.182. The van der Waals surface area contributed by atoms with E-state index in [1.807, 2.05) is 30.3 Å². The van der Waals surface area contributed by atoms with E-state index in [1.165, 1.54) is 0 Å². The van der Waals surface area contributed by atoms with Crippen molar-refractivity contribution in [1.82, 2.24) is 0 Å². The van der Waals surface area contributed by atoms with Crippen LogP contribution >= 0.6 is 0 Å². The van der Waals surface area contributed by atoms with Gasteiger partial charge in [0.15, 0.2) is 0 Å². The van der Waals surface area contributed by atoms with Crippen LogP contribution in [0, 0.1) is 0 Å². The average molecular weight is 176 g/mol. The summed E-state index contributed by atoms with van der Waals surface area (Å²) < 4.78 is 4.59. The fourth-order valence-electron chi connectivity index (χ4n) is 1.04. The zero-order chi connectivity index (χ0) is 9.52. The van der Waals surface area contributed by atoms with Gasteiger partial charge in [-0.05, 0) is 12.0 Å². The van der Waals surface area contributed by atoms with Crippen LogP contribution < -0.4 is 0 Å². The molecule has 0 bridgehead atoms. The number of hydrogen-bond acceptors (Lipinski definition) is 2. The first-order valence-corrected chi connectivity index (χ1v) is 4.17. The van der Waals surface area contributed by atoms with E-state index in [9.17, 15) is 4.79 Å². The molecular formula is C11H12O2. The number of carbonyl (C=O) groups excluding carboxylic acids is 1. The molecule has 0 saturated carbocycles. The monoisotopic (exact) mass is 176 g/mol. The first-order valence-electron chi connectivity index (χ1n) is 4.17. The van der Waals surface area contributed by atoms with E-state index in [0.29, 0.717) is 12.8 Å². The molecule has 68 valence electrons. The zero-order valence-electron chi connectivity index (χ0n) is 7.40. The predicted molar refractivity (Wildman–Crippen MR) is 51.1 cm³/mol. The van der Waals surface area contributed by atoms with Gasteiger partial charge in [-0.3, -0.25) is 4.79 Å². The number of benzene rings is 1. The second-order valence-electron chi connectivity index (χ2n) is 2.64. The van der Waals surface area contributed by atoms with Crippen molar-refractivity contribution in [1.29, 1.82) is 0 Å². The van der Waals surface area contributed by atoms with Crippen LogP contribution in [0.15, 0.2) is 43.2 Å². The van der Waals surface area contributed by atoms with Crippen molar-refractivity contribution in [3.63, 3.8) is 0 Å². The number of carbonyl (C=O) groups is 1. The van der Waals surface area contributed by atoms with Crippen molar-refractivity contribution in [3.05, 3.63) is 48.7 Å². The molecule has 2 heteroatoms. The van der Waals surface area contributed by atoms with Crippen molar-refractivity contribution in [3.8, 4) is 0 Å². The Morgan fingerprint density at radius 2 is 2.08 bits per heavy atom. The minimum Gasteiger partial charge on any atom is -0.435 e. The lowest BCUT2D eigenvalue weighted by atomic mass is 10.1. The molecule has 0 fully saturated rings. The van der Waals surface area contributed by atoms with Gasteiger partial charge in [0.1, 0.15) is 0 Å². The van der Waals surface area contributed by atoms with Gasteiger partial charge in [-0.25, -0.2) is 0 Å². The lowest BCUT2D eigenvalue weighted by molar-refractivity contribution is -0.137. The topological polar surface area (TPSA) is 26.3 Å². The van der Waals surface area contributed by atoms with Gasteiger partial charge in [-0.15, -0.1) is 0 Å². The highest BCUT2D eigenvalue weighted by atomic mass is 16.5. The molecule has 0 aliphatic carbocycles. The number of ether oxygens (including phenoxy) is 1. The van der Waals surface area contributed by atoms with Crippen LogP contribution in [0.4, 0.5) is 0 Å². The van der Waals surface area contributed by atoms with Gasteiger partial charge in [0.05, 0.1) is 6.26 Å². The van der Waals surface area contributed by atoms with Crippen molar-refractivity contribution in [2.45, 2.75) is 12.8 Å². The summed E-state index contributed by atoms with van der Waals surface area (Å²) in [6.07, 6.45) is 2.27. The highest BCUT2D eigenvalue weighted by molar-refractivity contribution is 5.70. The second kappa shape index (κ2) is 5.14. The van der Waals surface area contributed by atoms with Gasteiger partial charge in [-0.2, -0.15) is 0 Å². The summed E-state index contributed by atoms with van der Waals surface area (Å²) in [6, 6.07) is 9.83. The summed E-state index contributed by atoms with van der Waals surface area (Å²) in [6.45, 7) is 3.31. The standard InChI is InChI=1S/C11H12O2/c1-2-13-11(12)9-8-10-6-4-3-5-7-10/h2-7H,1,8-9H2. The number of hydrogen-bond donors (Lipinski definition) is 0. The second-order valence-corrected chi connectivity index (χ2v) is 2.64. The van der Waals surface area contributed by atoms with Crippen molar-refractivity contribution >= 4 is 5.97 Å². The molecule has 1 aromatic carbocycles. The van der Waals surface area contributed by atoms with Gasteiger partial charge < -0.3 is 4.74 Å². The molecule has 0 aromatic heterocycles. The van der Waals surface area contributed by atoms with E-state index in [2.05, 4.69) is 11.3 Å². The summed E-state index contributed by atoms with van der Waals surface area (Å²) >= 11 is 0. The molecule has 0 radical (unpaired) electrons. The molecular weight excluding hydrogens is 164 g/mol. The molecule has 1 rings (SSSR count). The molecule has 0 aliphatic rings. The van der Waals surface area contributed by atoms with E-state index >= 15 is 0 Å². The summed E-state index contributed by atoms with van der Waals surface area (Å²) in [7, 11) is 0. The Morgan fingerprint density at radius 3 is 2.69 bits per heavy atom. The van der Waals surface area contributed by atoms with E-state index in [-0.39, 0.29) is 5.97 Å². The Bertz CT molecular complexity index is 277.